The fourth-order valence-electron chi connectivity index (χ4n) is 3.85. The summed E-state index contributed by atoms with van der Waals surface area (Å²) in [5.74, 6) is 0.768. The minimum Gasteiger partial charge on any atom is -0.382 e. The van der Waals surface area contributed by atoms with Crippen LogP contribution in [0.2, 0.25) is 0 Å². The van der Waals surface area contributed by atoms with E-state index in [1.54, 1.807) is 19.0 Å². The van der Waals surface area contributed by atoms with Crippen molar-refractivity contribution < 1.29 is 9.53 Å². The van der Waals surface area contributed by atoms with Crippen molar-refractivity contribution in [3.05, 3.63) is 35.4 Å². The van der Waals surface area contributed by atoms with Gasteiger partial charge in [-0.25, -0.2) is 4.99 Å². The van der Waals surface area contributed by atoms with E-state index >= 15 is 0 Å². The maximum Gasteiger partial charge on any atom is 0.243 e. The summed E-state index contributed by atoms with van der Waals surface area (Å²) < 4.78 is 5.55. The number of hydrogen-bond acceptors (Lipinski definition) is 3. The molecule has 2 aliphatic rings. The molecule has 0 heterocycles. The van der Waals surface area contributed by atoms with Crippen LogP contribution in [-0.4, -0.2) is 63.2 Å². The van der Waals surface area contributed by atoms with E-state index in [0.29, 0.717) is 11.5 Å². The van der Waals surface area contributed by atoms with Gasteiger partial charge in [-0.15, -0.1) is 24.0 Å². The highest BCUT2D eigenvalue weighted by Crippen LogP contribution is 2.48. The standard InChI is InChI=1S/C23H36N4O2.HI/c1-4-29-14-13-23(11-12-23)17-25-22(24-16-21(28)27(2)3)26-20-10-9-18-7-5-6-8-19(18)15-20;/h5-8,20H,4,9-17H2,1-3H3,(H2,24,25,26);1H. The van der Waals surface area contributed by atoms with Gasteiger partial charge in [-0.3, -0.25) is 4.79 Å². The molecule has 6 nitrogen and oxygen atoms in total. The number of fused-ring (bicyclic) bond motifs is 1. The van der Waals surface area contributed by atoms with E-state index in [1.807, 2.05) is 6.92 Å². The van der Waals surface area contributed by atoms with E-state index in [4.69, 9.17) is 4.74 Å². The van der Waals surface area contributed by atoms with E-state index in [9.17, 15) is 4.79 Å². The number of carbonyl (C=O) groups is 1. The second-order valence-corrected chi connectivity index (χ2v) is 8.61. The first kappa shape index (κ1) is 24.9. The number of likely N-dealkylation sites (N-methyl/N-ethyl adjacent to an activating group) is 1. The second-order valence-electron chi connectivity index (χ2n) is 8.61. The molecular formula is C23H37IN4O2. The molecule has 7 heteroatoms. The Morgan fingerprint density at radius 3 is 2.67 bits per heavy atom. The zero-order valence-electron chi connectivity index (χ0n) is 18.6. The highest BCUT2D eigenvalue weighted by Gasteiger charge is 2.42. The summed E-state index contributed by atoms with van der Waals surface area (Å²) in [7, 11) is 3.53. The number of halogens is 1. The number of rotatable bonds is 9. The van der Waals surface area contributed by atoms with Crippen LogP contribution >= 0.6 is 24.0 Å². The molecule has 0 aromatic heterocycles. The second kappa shape index (κ2) is 11.9. The normalized spacial score (nSPS) is 19.3. The minimum atomic E-state index is 0. The molecule has 2 aliphatic carbocycles. The van der Waals surface area contributed by atoms with E-state index < -0.39 is 0 Å². The summed E-state index contributed by atoms with van der Waals surface area (Å²) in [4.78, 5) is 18.2. The van der Waals surface area contributed by atoms with Gasteiger partial charge in [-0.1, -0.05) is 24.3 Å². The number of nitrogens with one attached hydrogen (secondary N) is 2. The third kappa shape index (κ3) is 7.41. The van der Waals surface area contributed by atoms with E-state index in [0.717, 1.165) is 51.4 Å². The Morgan fingerprint density at radius 1 is 1.27 bits per heavy atom. The van der Waals surface area contributed by atoms with Crippen LogP contribution in [-0.2, 0) is 22.4 Å². The molecule has 0 saturated heterocycles. The average Bonchev–Trinajstić information content (AvgIpc) is 3.50. The van der Waals surface area contributed by atoms with Crippen LogP contribution in [0.1, 0.15) is 43.7 Å². The van der Waals surface area contributed by atoms with Crippen molar-refractivity contribution in [2.75, 3.05) is 40.4 Å². The molecule has 0 bridgehead atoms. The van der Waals surface area contributed by atoms with Crippen molar-refractivity contribution in [1.82, 2.24) is 15.5 Å². The molecule has 0 radical (unpaired) electrons. The lowest BCUT2D eigenvalue weighted by atomic mass is 9.88. The first-order valence-electron chi connectivity index (χ1n) is 10.9. The smallest absolute Gasteiger partial charge is 0.243 e. The summed E-state index contributed by atoms with van der Waals surface area (Å²) in [6.07, 6.45) is 6.69. The van der Waals surface area contributed by atoms with Crippen LogP contribution in [0, 0.1) is 5.41 Å². The molecule has 1 aromatic carbocycles. The Balaban J connectivity index is 0.00000320. The van der Waals surface area contributed by atoms with Crippen LogP contribution in [0.5, 0.6) is 0 Å². The SMILES string of the molecule is CCOCCC1(CNC(=NCC(=O)N(C)C)NC2CCc3ccccc3C2)CC1.I. The van der Waals surface area contributed by atoms with Crippen LogP contribution in [0.4, 0.5) is 0 Å². The fraction of sp³-hybridized carbons (Fsp3) is 0.652. The summed E-state index contributed by atoms with van der Waals surface area (Å²) in [5, 5.41) is 7.12. The monoisotopic (exact) mass is 528 g/mol. The van der Waals surface area contributed by atoms with Crippen LogP contribution in [0.25, 0.3) is 0 Å². The largest absolute Gasteiger partial charge is 0.382 e. The molecule has 1 fully saturated rings. The Labute approximate surface area is 198 Å². The van der Waals surface area contributed by atoms with Crippen LogP contribution < -0.4 is 10.6 Å². The first-order chi connectivity index (χ1) is 14.0. The van der Waals surface area contributed by atoms with Crippen molar-refractivity contribution in [3.63, 3.8) is 0 Å². The van der Waals surface area contributed by atoms with Crippen molar-refractivity contribution in [2.45, 2.75) is 51.5 Å². The molecule has 30 heavy (non-hydrogen) atoms. The molecule has 1 unspecified atom stereocenters. The number of carbonyl (C=O) groups excluding carboxylic acids is 1. The summed E-state index contributed by atoms with van der Waals surface area (Å²) in [6.45, 7) is 4.67. The zero-order valence-corrected chi connectivity index (χ0v) is 20.9. The molecular weight excluding hydrogens is 491 g/mol. The van der Waals surface area contributed by atoms with Gasteiger partial charge in [-0.05, 0) is 62.0 Å². The third-order valence-corrected chi connectivity index (χ3v) is 6.13. The maximum absolute atomic E-state index is 12.0. The lowest BCUT2D eigenvalue weighted by Crippen LogP contribution is -2.47. The van der Waals surface area contributed by atoms with Gasteiger partial charge >= 0.3 is 0 Å². The molecule has 1 amide bonds. The molecule has 1 atom stereocenters. The number of ether oxygens (including phenoxy) is 1. The Kier molecular flexibility index (Phi) is 9.87. The van der Waals surface area contributed by atoms with Gasteiger partial charge in [0.2, 0.25) is 5.91 Å². The zero-order chi connectivity index (χ0) is 20.7. The van der Waals surface area contributed by atoms with Crippen molar-refractivity contribution in [3.8, 4) is 0 Å². The molecule has 3 rings (SSSR count). The van der Waals surface area contributed by atoms with Gasteiger partial charge in [0.05, 0.1) is 0 Å². The lowest BCUT2D eigenvalue weighted by molar-refractivity contribution is -0.127. The van der Waals surface area contributed by atoms with E-state index in [-0.39, 0.29) is 36.4 Å². The van der Waals surface area contributed by atoms with Crippen molar-refractivity contribution in [1.29, 1.82) is 0 Å². The summed E-state index contributed by atoms with van der Waals surface area (Å²) >= 11 is 0. The maximum atomic E-state index is 12.0. The van der Waals surface area contributed by atoms with Gasteiger partial charge in [0.25, 0.3) is 0 Å². The minimum absolute atomic E-state index is 0. The van der Waals surface area contributed by atoms with E-state index in [1.165, 1.54) is 24.0 Å². The van der Waals surface area contributed by atoms with Gasteiger partial charge in [0.1, 0.15) is 6.54 Å². The molecule has 0 spiro atoms. The highest BCUT2D eigenvalue weighted by molar-refractivity contribution is 14.0. The summed E-state index contributed by atoms with van der Waals surface area (Å²) in [5.41, 5.74) is 3.19. The molecule has 1 saturated carbocycles. The van der Waals surface area contributed by atoms with E-state index in [2.05, 4.69) is 39.9 Å². The number of amides is 1. The number of hydrogen-bond donors (Lipinski definition) is 2. The van der Waals surface area contributed by atoms with Crippen LogP contribution in [0.15, 0.2) is 29.3 Å². The Bertz CT molecular complexity index is 719. The van der Waals surface area contributed by atoms with Crippen LogP contribution in [0.3, 0.4) is 0 Å². The predicted molar refractivity (Wildman–Crippen MR) is 133 cm³/mol. The molecule has 1 aromatic rings. The third-order valence-electron chi connectivity index (χ3n) is 6.13. The lowest BCUT2D eigenvalue weighted by Gasteiger charge is -2.28. The predicted octanol–water partition coefficient (Wildman–Crippen LogP) is 2.99. The highest BCUT2D eigenvalue weighted by atomic mass is 127. The fourth-order valence-corrected chi connectivity index (χ4v) is 3.85. The Morgan fingerprint density at radius 2 is 2.00 bits per heavy atom. The quantitative estimate of drug-likeness (QED) is 0.224. The number of benzene rings is 1. The summed E-state index contributed by atoms with van der Waals surface area (Å²) in [6, 6.07) is 9.01. The number of aliphatic imine (C=N–C) groups is 1. The Hall–Kier alpha value is -1.35. The van der Waals surface area contributed by atoms with Gasteiger partial charge in [-0.2, -0.15) is 0 Å². The number of nitrogens with zero attached hydrogens (tertiary/aromatic N) is 2. The van der Waals surface area contributed by atoms with Gasteiger partial charge in [0.15, 0.2) is 5.96 Å². The molecule has 0 aliphatic heterocycles. The topological polar surface area (TPSA) is 66.0 Å². The molecule has 168 valence electrons. The number of aryl methyl sites for hydroxylation is 1. The molecule has 2 N–H and O–H groups in total. The van der Waals surface area contributed by atoms with Crippen molar-refractivity contribution in [2.24, 2.45) is 10.4 Å². The first-order valence-corrected chi connectivity index (χ1v) is 10.9. The average molecular weight is 528 g/mol. The van der Waals surface area contributed by atoms with Gasteiger partial charge < -0.3 is 20.3 Å². The van der Waals surface area contributed by atoms with Crippen molar-refractivity contribution >= 4 is 35.8 Å². The number of guanidine groups is 1. The van der Waals surface area contributed by atoms with Gasteiger partial charge in [0, 0.05) is 39.9 Å².